The standard InChI is InChI=1S/C16H30O/c1-15(2)14-16-12-10-8-6-4-3-5-7-9-11-13-17-16/h14-15H,3-13H2,1-2H3/b16-14-. The van der Waals surface area contributed by atoms with E-state index in [1.165, 1.54) is 63.5 Å². The van der Waals surface area contributed by atoms with Crippen molar-refractivity contribution in [2.45, 2.75) is 78.1 Å². The first kappa shape index (κ1) is 14.6. The van der Waals surface area contributed by atoms with Crippen molar-refractivity contribution in [3.8, 4) is 0 Å². The van der Waals surface area contributed by atoms with Crippen molar-refractivity contribution in [3.63, 3.8) is 0 Å². The lowest BCUT2D eigenvalue weighted by Gasteiger charge is -2.11. The molecule has 0 saturated carbocycles. The van der Waals surface area contributed by atoms with E-state index in [0.717, 1.165) is 13.0 Å². The van der Waals surface area contributed by atoms with Gasteiger partial charge in [0.05, 0.1) is 12.4 Å². The summed E-state index contributed by atoms with van der Waals surface area (Å²) in [5.74, 6) is 1.86. The van der Waals surface area contributed by atoms with E-state index in [4.69, 9.17) is 4.74 Å². The molecular formula is C16H30O. The van der Waals surface area contributed by atoms with Crippen LogP contribution in [0.2, 0.25) is 0 Å². The number of hydrogen-bond acceptors (Lipinski definition) is 1. The summed E-state index contributed by atoms with van der Waals surface area (Å²) < 4.78 is 5.93. The van der Waals surface area contributed by atoms with Crippen LogP contribution in [0.25, 0.3) is 0 Å². The summed E-state index contributed by atoms with van der Waals surface area (Å²) in [5, 5.41) is 0. The Morgan fingerprint density at radius 1 is 0.824 bits per heavy atom. The summed E-state index contributed by atoms with van der Waals surface area (Å²) in [5.41, 5.74) is 0. The van der Waals surface area contributed by atoms with Crippen molar-refractivity contribution in [1.29, 1.82) is 0 Å². The Kier molecular flexibility index (Phi) is 8.21. The van der Waals surface area contributed by atoms with Crippen LogP contribution < -0.4 is 0 Å². The maximum absolute atomic E-state index is 5.93. The number of ether oxygens (including phenoxy) is 1. The third-order valence-electron chi connectivity index (χ3n) is 3.37. The van der Waals surface area contributed by atoms with Crippen LogP contribution in [0.4, 0.5) is 0 Å². The molecule has 0 atom stereocenters. The monoisotopic (exact) mass is 238 g/mol. The predicted octanol–water partition coefficient (Wildman–Crippen LogP) is 5.46. The van der Waals surface area contributed by atoms with Crippen LogP contribution in [0.1, 0.15) is 78.1 Å². The van der Waals surface area contributed by atoms with Crippen LogP contribution >= 0.6 is 0 Å². The third-order valence-corrected chi connectivity index (χ3v) is 3.37. The third kappa shape index (κ3) is 8.29. The zero-order valence-electron chi connectivity index (χ0n) is 11.8. The molecule has 1 heteroatoms. The Morgan fingerprint density at radius 3 is 1.94 bits per heavy atom. The number of allylic oxidation sites excluding steroid dienone is 2. The fourth-order valence-corrected chi connectivity index (χ4v) is 2.42. The predicted molar refractivity (Wildman–Crippen MR) is 75.0 cm³/mol. The molecule has 1 rings (SSSR count). The molecule has 0 amide bonds. The summed E-state index contributed by atoms with van der Waals surface area (Å²) >= 11 is 0. The van der Waals surface area contributed by atoms with Crippen molar-refractivity contribution < 1.29 is 4.74 Å². The van der Waals surface area contributed by atoms with Gasteiger partial charge in [0.15, 0.2) is 0 Å². The average molecular weight is 238 g/mol. The SMILES string of the molecule is CC(C)/C=C1/CCCCCCCCCCCO1. The lowest BCUT2D eigenvalue weighted by molar-refractivity contribution is 0.192. The van der Waals surface area contributed by atoms with Crippen LogP contribution in [0, 0.1) is 5.92 Å². The first-order chi connectivity index (χ1) is 8.29. The van der Waals surface area contributed by atoms with E-state index in [1.54, 1.807) is 0 Å². The second kappa shape index (κ2) is 9.56. The highest BCUT2D eigenvalue weighted by Crippen LogP contribution is 2.17. The van der Waals surface area contributed by atoms with Gasteiger partial charge >= 0.3 is 0 Å². The van der Waals surface area contributed by atoms with E-state index in [1.807, 2.05) is 0 Å². The molecule has 0 aliphatic carbocycles. The topological polar surface area (TPSA) is 9.23 Å². The van der Waals surface area contributed by atoms with Crippen LogP contribution in [0.5, 0.6) is 0 Å². The van der Waals surface area contributed by atoms with Crippen molar-refractivity contribution in [2.75, 3.05) is 6.61 Å². The Bertz CT molecular complexity index is 190. The highest BCUT2D eigenvalue weighted by molar-refractivity contribution is 4.95. The van der Waals surface area contributed by atoms with Gasteiger partial charge in [-0.2, -0.15) is 0 Å². The van der Waals surface area contributed by atoms with E-state index in [-0.39, 0.29) is 0 Å². The largest absolute Gasteiger partial charge is 0.498 e. The smallest absolute Gasteiger partial charge is 0.0922 e. The van der Waals surface area contributed by atoms with E-state index in [2.05, 4.69) is 19.9 Å². The second-order valence-electron chi connectivity index (χ2n) is 5.66. The van der Waals surface area contributed by atoms with E-state index < -0.39 is 0 Å². The Balaban J connectivity index is 2.36. The summed E-state index contributed by atoms with van der Waals surface area (Å²) in [6.07, 6.45) is 15.8. The molecule has 100 valence electrons. The van der Waals surface area contributed by atoms with Gasteiger partial charge in [0.2, 0.25) is 0 Å². The average Bonchev–Trinajstić information content (AvgIpc) is 2.30. The van der Waals surface area contributed by atoms with Gasteiger partial charge in [0.1, 0.15) is 0 Å². The quantitative estimate of drug-likeness (QED) is 0.589. The van der Waals surface area contributed by atoms with Crippen molar-refractivity contribution in [3.05, 3.63) is 11.8 Å². The first-order valence-corrected chi connectivity index (χ1v) is 7.62. The van der Waals surface area contributed by atoms with Crippen LogP contribution in [0.3, 0.4) is 0 Å². The molecule has 1 saturated heterocycles. The van der Waals surface area contributed by atoms with Crippen molar-refractivity contribution in [1.82, 2.24) is 0 Å². The van der Waals surface area contributed by atoms with Gasteiger partial charge in [0, 0.05) is 6.42 Å². The molecular weight excluding hydrogens is 208 g/mol. The molecule has 1 aliphatic heterocycles. The molecule has 0 bridgehead atoms. The maximum Gasteiger partial charge on any atom is 0.0922 e. The molecule has 0 aromatic rings. The molecule has 0 radical (unpaired) electrons. The van der Waals surface area contributed by atoms with Crippen LogP contribution in [-0.4, -0.2) is 6.61 Å². The maximum atomic E-state index is 5.93. The van der Waals surface area contributed by atoms with Gasteiger partial charge in [-0.1, -0.05) is 58.8 Å². The lowest BCUT2D eigenvalue weighted by Crippen LogP contribution is -1.98. The first-order valence-electron chi connectivity index (χ1n) is 7.62. The minimum absolute atomic E-state index is 0.612. The van der Waals surface area contributed by atoms with Gasteiger partial charge in [0.25, 0.3) is 0 Å². The van der Waals surface area contributed by atoms with Gasteiger partial charge in [-0.3, -0.25) is 0 Å². The van der Waals surface area contributed by atoms with Crippen LogP contribution in [0.15, 0.2) is 11.8 Å². The molecule has 0 aromatic heterocycles. The molecule has 0 aromatic carbocycles. The molecule has 17 heavy (non-hydrogen) atoms. The van der Waals surface area contributed by atoms with Crippen molar-refractivity contribution >= 4 is 0 Å². The summed E-state index contributed by atoms with van der Waals surface area (Å²) in [6.45, 7) is 5.40. The van der Waals surface area contributed by atoms with Gasteiger partial charge in [-0.05, 0) is 24.8 Å². The van der Waals surface area contributed by atoms with Crippen LogP contribution in [-0.2, 0) is 4.74 Å². The number of rotatable bonds is 1. The fraction of sp³-hybridized carbons (Fsp3) is 0.875. The summed E-state index contributed by atoms with van der Waals surface area (Å²) in [6, 6.07) is 0. The zero-order valence-corrected chi connectivity index (χ0v) is 11.8. The molecule has 0 N–H and O–H groups in total. The molecule has 1 nitrogen and oxygen atoms in total. The molecule has 1 aliphatic rings. The summed E-state index contributed by atoms with van der Waals surface area (Å²) in [7, 11) is 0. The Morgan fingerprint density at radius 2 is 1.35 bits per heavy atom. The summed E-state index contributed by atoms with van der Waals surface area (Å²) in [4.78, 5) is 0. The van der Waals surface area contributed by atoms with E-state index >= 15 is 0 Å². The van der Waals surface area contributed by atoms with Crippen molar-refractivity contribution in [2.24, 2.45) is 5.92 Å². The molecule has 0 spiro atoms. The van der Waals surface area contributed by atoms with E-state index in [0.29, 0.717) is 5.92 Å². The van der Waals surface area contributed by atoms with Gasteiger partial charge < -0.3 is 4.74 Å². The minimum Gasteiger partial charge on any atom is -0.498 e. The minimum atomic E-state index is 0.612. The highest BCUT2D eigenvalue weighted by Gasteiger charge is 2.02. The highest BCUT2D eigenvalue weighted by atomic mass is 16.5. The Hall–Kier alpha value is -0.460. The molecule has 1 heterocycles. The second-order valence-corrected chi connectivity index (χ2v) is 5.66. The Labute approximate surface area is 108 Å². The molecule has 0 unspecified atom stereocenters. The molecule has 1 fully saturated rings. The van der Waals surface area contributed by atoms with Gasteiger partial charge in [-0.25, -0.2) is 0 Å². The number of hydrogen-bond donors (Lipinski definition) is 0. The van der Waals surface area contributed by atoms with Gasteiger partial charge in [-0.15, -0.1) is 0 Å². The van der Waals surface area contributed by atoms with E-state index in [9.17, 15) is 0 Å². The zero-order chi connectivity index (χ0) is 12.3. The normalized spacial score (nSPS) is 23.6. The fourth-order valence-electron chi connectivity index (χ4n) is 2.42. The lowest BCUT2D eigenvalue weighted by atomic mass is 10.1.